The highest BCUT2D eigenvalue weighted by Gasteiger charge is 2.17. The average Bonchev–Trinajstić information content (AvgIpc) is 1.98. The van der Waals surface area contributed by atoms with E-state index in [9.17, 15) is 0 Å². The monoisotopic (exact) mass is 154 g/mol. The largest absolute Gasteiger partial charge is 0.103 e. The number of hydrogen-bond donors (Lipinski definition) is 0. The predicted molar refractivity (Wildman–Crippen MR) is 52.6 cm³/mol. The minimum atomic E-state index is 0.794. The van der Waals surface area contributed by atoms with E-state index in [0.29, 0.717) is 0 Å². The van der Waals surface area contributed by atoms with Crippen LogP contribution < -0.4 is 0 Å². The molecule has 0 aromatic rings. The SMILES string of the molecule is C=CCC(C(C)C)[C@@H](C)CC. The molecule has 0 heteroatoms. The van der Waals surface area contributed by atoms with Gasteiger partial charge in [-0.1, -0.05) is 40.2 Å². The molecular formula is C11H22. The van der Waals surface area contributed by atoms with Gasteiger partial charge in [0, 0.05) is 0 Å². The predicted octanol–water partition coefficient (Wildman–Crippen LogP) is 3.88. The summed E-state index contributed by atoms with van der Waals surface area (Å²) in [4.78, 5) is 0. The summed E-state index contributed by atoms with van der Waals surface area (Å²) in [5.74, 6) is 2.47. The van der Waals surface area contributed by atoms with Crippen molar-refractivity contribution < 1.29 is 0 Å². The van der Waals surface area contributed by atoms with Gasteiger partial charge in [-0.3, -0.25) is 0 Å². The van der Waals surface area contributed by atoms with Crippen molar-refractivity contribution in [2.75, 3.05) is 0 Å². The minimum absolute atomic E-state index is 0.794. The first-order chi connectivity index (χ1) is 5.13. The molecule has 0 aromatic heterocycles. The molecule has 0 aliphatic carbocycles. The van der Waals surface area contributed by atoms with Crippen molar-refractivity contribution in [1.29, 1.82) is 0 Å². The summed E-state index contributed by atoms with van der Waals surface area (Å²) in [6.45, 7) is 13.0. The first-order valence-corrected chi connectivity index (χ1v) is 4.74. The zero-order chi connectivity index (χ0) is 8.85. The highest BCUT2D eigenvalue weighted by atomic mass is 14.2. The molecule has 0 heterocycles. The molecule has 2 atom stereocenters. The normalized spacial score (nSPS) is 16.5. The van der Waals surface area contributed by atoms with Crippen molar-refractivity contribution in [2.45, 2.75) is 40.5 Å². The Balaban J connectivity index is 3.96. The van der Waals surface area contributed by atoms with Gasteiger partial charge in [-0.05, 0) is 24.2 Å². The molecule has 0 bridgehead atoms. The van der Waals surface area contributed by atoms with Crippen molar-refractivity contribution in [3.63, 3.8) is 0 Å². The molecule has 1 unspecified atom stereocenters. The Hall–Kier alpha value is -0.260. The van der Waals surface area contributed by atoms with Gasteiger partial charge in [0.2, 0.25) is 0 Å². The summed E-state index contributed by atoms with van der Waals surface area (Å²) >= 11 is 0. The maximum atomic E-state index is 3.80. The number of hydrogen-bond acceptors (Lipinski definition) is 0. The van der Waals surface area contributed by atoms with Crippen LogP contribution in [0.4, 0.5) is 0 Å². The van der Waals surface area contributed by atoms with Gasteiger partial charge in [-0.2, -0.15) is 0 Å². The van der Waals surface area contributed by atoms with Crippen molar-refractivity contribution in [3.05, 3.63) is 12.7 Å². The molecule has 11 heavy (non-hydrogen) atoms. The first kappa shape index (κ1) is 10.7. The second-order valence-electron chi connectivity index (χ2n) is 3.82. The fourth-order valence-electron chi connectivity index (χ4n) is 1.66. The van der Waals surface area contributed by atoms with E-state index >= 15 is 0 Å². The molecule has 0 N–H and O–H groups in total. The Morgan fingerprint density at radius 2 is 1.82 bits per heavy atom. The summed E-state index contributed by atoms with van der Waals surface area (Å²) in [6, 6.07) is 0. The van der Waals surface area contributed by atoms with Gasteiger partial charge < -0.3 is 0 Å². The first-order valence-electron chi connectivity index (χ1n) is 4.74. The molecular weight excluding hydrogens is 132 g/mol. The molecule has 0 amide bonds. The van der Waals surface area contributed by atoms with Crippen molar-refractivity contribution >= 4 is 0 Å². The van der Waals surface area contributed by atoms with E-state index in [1.807, 2.05) is 0 Å². The van der Waals surface area contributed by atoms with E-state index in [4.69, 9.17) is 0 Å². The van der Waals surface area contributed by atoms with E-state index in [2.05, 4.69) is 40.3 Å². The smallest absolute Gasteiger partial charge is 0.0320 e. The van der Waals surface area contributed by atoms with Gasteiger partial charge in [0.15, 0.2) is 0 Å². The molecule has 0 aliphatic rings. The Labute approximate surface area is 71.7 Å². The zero-order valence-electron chi connectivity index (χ0n) is 8.43. The summed E-state index contributed by atoms with van der Waals surface area (Å²) in [7, 11) is 0. The third-order valence-electron chi connectivity index (χ3n) is 2.67. The van der Waals surface area contributed by atoms with Gasteiger partial charge in [-0.15, -0.1) is 6.58 Å². The Bertz CT molecular complexity index is 103. The molecule has 0 saturated heterocycles. The van der Waals surface area contributed by atoms with Gasteiger partial charge in [0.1, 0.15) is 0 Å². The summed E-state index contributed by atoms with van der Waals surface area (Å²) in [5, 5.41) is 0. The quantitative estimate of drug-likeness (QED) is 0.527. The summed E-state index contributed by atoms with van der Waals surface area (Å²) in [5.41, 5.74) is 0. The van der Waals surface area contributed by atoms with Crippen LogP contribution in [-0.2, 0) is 0 Å². The Morgan fingerprint density at radius 3 is 2.09 bits per heavy atom. The van der Waals surface area contributed by atoms with Gasteiger partial charge in [0.05, 0.1) is 0 Å². The van der Waals surface area contributed by atoms with Crippen LogP contribution in [0.25, 0.3) is 0 Å². The Morgan fingerprint density at radius 1 is 1.27 bits per heavy atom. The van der Waals surface area contributed by atoms with Crippen LogP contribution in [-0.4, -0.2) is 0 Å². The molecule has 0 aromatic carbocycles. The molecule has 66 valence electrons. The molecule has 0 aliphatic heterocycles. The van der Waals surface area contributed by atoms with Gasteiger partial charge in [-0.25, -0.2) is 0 Å². The van der Waals surface area contributed by atoms with Crippen LogP contribution in [0.1, 0.15) is 40.5 Å². The minimum Gasteiger partial charge on any atom is -0.103 e. The maximum Gasteiger partial charge on any atom is -0.0320 e. The van der Waals surface area contributed by atoms with Crippen LogP contribution >= 0.6 is 0 Å². The standard InChI is InChI=1S/C11H22/c1-6-8-11(9(3)4)10(5)7-2/h6,9-11H,1,7-8H2,2-5H3/t10-,11?/m0/s1. The highest BCUT2D eigenvalue weighted by Crippen LogP contribution is 2.26. The summed E-state index contributed by atoms with van der Waals surface area (Å²) in [6.07, 6.45) is 4.51. The van der Waals surface area contributed by atoms with E-state index in [1.54, 1.807) is 0 Å². The second kappa shape index (κ2) is 5.40. The Kier molecular flexibility index (Phi) is 5.27. The van der Waals surface area contributed by atoms with Crippen LogP contribution in [0, 0.1) is 17.8 Å². The molecule has 0 fully saturated rings. The second-order valence-corrected chi connectivity index (χ2v) is 3.82. The third kappa shape index (κ3) is 3.60. The lowest BCUT2D eigenvalue weighted by molar-refractivity contribution is 0.267. The highest BCUT2D eigenvalue weighted by molar-refractivity contribution is 4.78. The van der Waals surface area contributed by atoms with Crippen LogP contribution in [0.3, 0.4) is 0 Å². The van der Waals surface area contributed by atoms with Gasteiger partial charge >= 0.3 is 0 Å². The maximum absolute atomic E-state index is 3.80. The van der Waals surface area contributed by atoms with E-state index < -0.39 is 0 Å². The molecule has 0 spiro atoms. The fourth-order valence-corrected chi connectivity index (χ4v) is 1.66. The zero-order valence-corrected chi connectivity index (χ0v) is 8.43. The lowest BCUT2D eigenvalue weighted by Crippen LogP contribution is -2.16. The van der Waals surface area contributed by atoms with E-state index in [-0.39, 0.29) is 0 Å². The molecule has 0 radical (unpaired) electrons. The fraction of sp³-hybridized carbons (Fsp3) is 0.818. The lowest BCUT2D eigenvalue weighted by atomic mass is 9.81. The third-order valence-corrected chi connectivity index (χ3v) is 2.67. The van der Waals surface area contributed by atoms with E-state index in [1.165, 1.54) is 12.8 Å². The summed E-state index contributed by atoms with van der Waals surface area (Å²) < 4.78 is 0. The van der Waals surface area contributed by atoms with Crippen molar-refractivity contribution in [2.24, 2.45) is 17.8 Å². The average molecular weight is 154 g/mol. The molecule has 0 saturated carbocycles. The number of allylic oxidation sites excluding steroid dienone is 1. The van der Waals surface area contributed by atoms with Crippen molar-refractivity contribution in [3.8, 4) is 0 Å². The lowest BCUT2D eigenvalue weighted by Gasteiger charge is -2.25. The molecule has 0 rings (SSSR count). The van der Waals surface area contributed by atoms with E-state index in [0.717, 1.165) is 17.8 Å². The van der Waals surface area contributed by atoms with Crippen LogP contribution in [0.5, 0.6) is 0 Å². The van der Waals surface area contributed by atoms with Gasteiger partial charge in [0.25, 0.3) is 0 Å². The number of rotatable bonds is 5. The topological polar surface area (TPSA) is 0 Å². The van der Waals surface area contributed by atoms with Crippen molar-refractivity contribution in [1.82, 2.24) is 0 Å². The molecule has 0 nitrogen and oxygen atoms in total. The van der Waals surface area contributed by atoms with Crippen LogP contribution in [0.15, 0.2) is 12.7 Å². The van der Waals surface area contributed by atoms with Crippen LogP contribution in [0.2, 0.25) is 0 Å².